The third-order valence-corrected chi connectivity index (χ3v) is 7.81. The van der Waals surface area contributed by atoms with Crippen molar-refractivity contribution in [3.8, 4) is 0 Å². The zero-order valence-corrected chi connectivity index (χ0v) is 16.9. The largest absolute Gasteiger partial charge is 0.481 e. The number of hydrogen-bond donors (Lipinski definition) is 1. The fraction of sp³-hybridized carbons (Fsp3) is 0.850. The molecule has 154 valence electrons. The summed E-state index contributed by atoms with van der Waals surface area (Å²) in [6.07, 6.45) is 10.5. The van der Waals surface area contributed by atoms with Gasteiger partial charge in [-0.15, -0.1) is 0 Å². The van der Waals surface area contributed by atoms with Gasteiger partial charge in [0, 0.05) is 12.3 Å². The highest BCUT2D eigenvalue weighted by Gasteiger charge is 2.68. The van der Waals surface area contributed by atoms with E-state index in [2.05, 4.69) is 13.0 Å². The molecule has 0 saturated carbocycles. The van der Waals surface area contributed by atoms with Gasteiger partial charge in [-0.3, -0.25) is 4.79 Å². The lowest BCUT2D eigenvalue weighted by Crippen LogP contribution is -2.37. The molecule has 3 aliphatic rings. The van der Waals surface area contributed by atoms with Crippen LogP contribution in [0.2, 0.25) is 0 Å². The van der Waals surface area contributed by atoms with Crippen molar-refractivity contribution in [2.45, 2.75) is 82.7 Å². The van der Waals surface area contributed by atoms with E-state index in [1.54, 1.807) is 0 Å². The monoisotopic (exact) mass is 400 g/mol. The number of carboxylic acids is 1. The average Bonchev–Trinajstić information content (AvgIpc) is 3.24. The molecule has 0 aromatic rings. The number of epoxide rings is 1. The van der Waals surface area contributed by atoms with Crippen molar-refractivity contribution in [2.75, 3.05) is 11.5 Å². The Morgan fingerprint density at radius 2 is 1.67 bits per heavy atom. The number of hydrogen-bond acceptors (Lipinski definition) is 5. The molecule has 0 aliphatic carbocycles. The van der Waals surface area contributed by atoms with Crippen molar-refractivity contribution in [2.24, 2.45) is 11.8 Å². The maximum Gasteiger partial charge on any atom is 0.303 e. The van der Waals surface area contributed by atoms with Crippen LogP contribution in [0.25, 0.3) is 0 Å². The molecule has 27 heavy (non-hydrogen) atoms. The van der Waals surface area contributed by atoms with Crippen LogP contribution in [0.3, 0.4) is 0 Å². The van der Waals surface area contributed by atoms with Gasteiger partial charge >= 0.3 is 5.97 Å². The second-order valence-electron chi connectivity index (χ2n) is 8.13. The summed E-state index contributed by atoms with van der Waals surface area (Å²) in [5.41, 5.74) is 0. The van der Waals surface area contributed by atoms with Crippen LogP contribution in [-0.4, -0.2) is 55.4 Å². The smallest absolute Gasteiger partial charge is 0.303 e. The highest BCUT2D eigenvalue weighted by molar-refractivity contribution is 7.91. The van der Waals surface area contributed by atoms with Crippen LogP contribution < -0.4 is 0 Å². The lowest BCUT2D eigenvalue weighted by atomic mass is 9.78. The van der Waals surface area contributed by atoms with Gasteiger partial charge in [-0.25, -0.2) is 8.42 Å². The molecule has 0 unspecified atom stereocenters. The first-order chi connectivity index (χ1) is 12.9. The Kier molecular flexibility index (Phi) is 6.98. The number of unbranched alkanes of at least 4 members (excludes halogenated alkanes) is 4. The number of ether oxygens (including phenoxy) is 2. The molecule has 0 aromatic heterocycles. The van der Waals surface area contributed by atoms with Crippen LogP contribution >= 0.6 is 0 Å². The number of rotatable bonds is 13. The third kappa shape index (κ3) is 5.33. The van der Waals surface area contributed by atoms with E-state index in [0.717, 1.165) is 38.5 Å². The lowest BCUT2D eigenvalue weighted by molar-refractivity contribution is -0.137. The van der Waals surface area contributed by atoms with Crippen LogP contribution in [0.1, 0.15) is 58.3 Å². The predicted octanol–water partition coefficient (Wildman–Crippen LogP) is 2.96. The standard InChI is InChI=1S/C20H32O6S/c1-2-3-4-9-12-27(23,24)13-15-14(10-7-5-6-8-11-16(21)22)17-19-20(26-19)18(15)25-17/h5,7,14-15,17-20H,2-4,6,8-13H2,1H3,(H,21,22)/t14-,15+,17+,18-,19-,20+/m1/s1. The first-order valence-corrected chi connectivity index (χ1v) is 12.1. The summed E-state index contributed by atoms with van der Waals surface area (Å²) in [7, 11) is -3.08. The van der Waals surface area contributed by atoms with E-state index in [9.17, 15) is 13.2 Å². The first-order valence-electron chi connectivity index (χ1n) is 10.3. The van der Waals surface area contributed by atoms with Gasteiger partial charge < -0.3 is 14.6 Å². The van der Waals surface area contributed by atoms with Crippen LogP contribution in [-0.2, 0) is 24.1 Å². The van der Waals surface area contributed by atoms with Gasteiger partial charge in [-0.05, 0) is 31.6 Å². The van der Waals surface area contributed by atoms with E-state index in [-0.39, 0.29) is 54.2 Å². The van der Waals surface area contributed by atoms with Crippen LogP contribution in [0.5, 0.6) is 0 Å². The van der Waals surface area contributed by atoms with E-state index in [1.165, 1.54) is 0 Å². The summed E-state index contributed by atoms with van der Waals surface area (Å²) in [5.74, 6) is -0.109. The van der Waals surface area contributed by atoms with E-state index in [4.69, 9.17) is 14.6 Å². The minimum atomic E-state index is -3.08. The Morgan fingerprint density at radius 1 is 0.963 bits per heavy atom. The molecule has 6 nitrogen and oxygen atoms in total. The molecule has 3 rings (SSSR count). The van der Waals surface area contributed by atoms with Gasteiger partial charge in [0.2, 0.25) is 0 Å². The van der Waals surface area contributed by atoms with Crippen molar-refractivity contribution < 1.29 is 27.8 Å². The van der Waals surface area contributed by atoms with E-state index in [0.29, 0.717) is 6.42 Å². The maximum atomic E-state index is 12.6. The second-order valence-corrected chi connectivity index (χ2v) is 10.4. The molecule has 3 saturated heterocycles. The number of fused-ring (bicyclic) bond motifs is 5. The molecule has 1 N–H and O–H groups in total. The Morgan fingerprint density at radius 3 is 2.37 bits per heavy atom. The summed E-state index contributed by atoms with van der Waals surface area (Å²) in [5, 5.41) is 8.67. The summed E-state index contributed by atoms with van der Waals surface area (Å²) in [6.45, 7) is 2.12. The zero-order valence-electron chi connectivity index (χ0n) is 16.1. The summed E-state index contributed by atoms with van der Waals surface area (Å²) in [4.78, 5) is 10.5. The lowest BCUT2D eigenvalue weighted by Gasteiger charge is -2.25. The maximum absolute atomic E-state index is 12.6. The second kappa shape index (κ2) is 9.05. The summed E-state index contributed by atoms with van der Waals surface area (Å²) >= 11 is 0. The number of aliphatic carboxylic acids is 1. The molecule has 0 spiro atoms. The molecule has 2 bridgehead atoms. The van der Waals surface area contributed by atoms with Crippen LogP contribution in [0, 0.1) is 11.8 Å². The van der Waals surface area contributed by atoms with Crippen molar-refractivity contribution in [1.29, 1.82) is 0 Å². The molecule has 0 amide bonds. The van der Waals surface area contributed by atoms with Gasteiger partial charge in [0.15, 0.2) is 9.84 Å². The molecule has 6 atom stereocenters. The summed E-state index contributed by atoms with van der Waals surface area (Å²) < 4.78 is 36.9. The minimum Gasteiger partial charge on any atom is -0.481 e. The van der Waals surface area contributed by atoms with E-state index in [1.807, 2.05) is 6.08 Å². The third-order valence-electron chi connectivity index (χ3n) is 6.01. The predicted molar refractivity (Wildman–Crippen MR) is 102 cm³/mol. The Hall–Kier alpha value is -0.920. The fourth-order valence-corrected chi connectivity index (χ4v) is 6.41. The molecule has 3 aliphatic heterocycles. The molecule has 0 radical (unpaired) electrons. The Bertz CT molecular complexity index is 643. The van der Waals surface area contributed by atoms with Gasteiger partial charge in [0.05, 0.1) is 23.7 Å². The highest BCUT2D eigenvalue weighted by Crippen LogP contribution is 2.55. The van der Waals surface area contributed by atoms with Crippen molar-refractivity contribution in [1.82, 2.24) is 0 Å². The highest BCUT2D eigenvalue weighted by atomic mass is 32.2. The van der Waals surface area contributed by atoms with Crippen molar-refractivity contribution >= 4 is 15.8 Å². The molecular formula is C20H32O6S. The van der Waals surface area contributed by atoms with Crippen LogP contribution in [0.15, 0.2) is 12.2 Å². The quantitative estimate of drug-likeness (QED) is 0.290. The van der Waals surface area contributed by atoms with Gasteiger partial charge in [0.1, 0.15) is 12.2 Å². The molecule has 7 heteroatoms. The topological polar surface area (TPSA) is 93.2 Å². The average molecular weight is 401 g/mol. The molecule has 3 fully saturated rings. The van der Waals surface area contributed by atoms with Crippen molar-refractivity contribution in [3.63, 3.8) is 0 Å². The molecule has 0 aromatic carbocycles. The van der Waals surface area contributed by atoms with E-state index < -0.39 is 15.8 Å². The number of carboxylic acid groups (broad SMARTS) is 1. The SMILES string of the molecule is CCCCCCS(=O)(=O)C[C@H]1[C@@H](CC=CCCCC(=O)O)[C@@H]2O[C@H]1[C@@H]1O[C@@H]12. The normalized spacial score (nSPS) is 34.3. The number of allylic oxidation sites excluding steroid dienone is 2. The van der Waals surface area contributed by atoms with E-state index >= 15 is 0 Å². The minimum absolute atomic E-state index is 0.0126. The Labute approximate surface area is 162 Å². The van der Waals surface area contributed by atoms with Crippen LogP contribution in [0.4, 0.5) is 0 Å². The fourth-order valence-electron chi connectivity index (χ4n) is 4.57. The van der Waals surface area contributed by atoms with Gasteiger partial charge in [0.25, 0.3) is 0 Å². The molecular weight excluding hydrogens is 368 g/mol. The zero-order chi connectivity index (χ0) is 19.4. The van der Waals surface area contributed by atoms with Crippen molar-refractivity contribution in [3.05, 3.63) is 12.2 Å². The van der Waals surface area contributed by atoms with Gasteiger partial charge in [-0.2, -0.15) is 0 Å². The van der Waals surface area contributed by atoms with Gasteiger partial charge in [-0.1, -0.05) is 38.3 Å². The summed E-state index contributed by atoms with van der Waals surface area (Å²) in [6, 6.07) is 0. The number of carbonyl (C=O) groups is 1. The number of sulfone groups is 1. The first kappa shape index (κ1) is 20.8. The Balaban J connectivity index is 1.51. The molecule has 3 heterocycles.